The maximum atomic E-state index is 5.90. The number of para-hydroxylation sites is 1. The predicted octanol–water partition coefficient (Wildman–Crippen LogP) is 3.04. The van der Waals surface area contributed by atoms with Crippen LogP contribution in [0, 0.1) is 0 Å². The molecule has 0 amide bonds. The number of hydrogen-bond acceptors (Lipinski definition) is 5. The molecule has 0 aliphatic carbocycles. The van der Waals surface area contributed by atoms with E-state index in [0.717, 1.165) is 27.9 Å². The van der Waals surface area contributed by atoms with Crippen LogP contribution in [0.4, 0.5) is 0 Å². The van der Waals surface area contributed by atoms with Crippen LogP contribution in [0.15, 0.2) is 65.2 Å². The fourth-order valence-electron chi connectivity index (χ4n) is 2.44. The minimum absolute atomic E-state index is 0.337. The van der Waals surface area contributed by atoms with Gasteiger partial charge in [-0.05, 0) is 23.8 Å². The number of benzene rings is 1. The van der Waals surface area contributed by atoms with Gasteiger partial charge in [0.2, 0.25) is 5.88 Å². The number of ether oxygens (including phenoxy) is 1. The SMILES string of the molecule is C=C(CN)COc1ccc2ncc(-c3cc4ccccc4o3)n2n1. The Bertz CT molecular complexity index is 999. The van der Waals surface area contributed by atoms with Crippen LogP contribution >= 0.6 is 0 Å². The van der Waals surface area contributed by atoms with Crippen LogP contribution in [0.2, 0.25) is 0 Å². The van der Waals surface area contributed by atoms with E-state index in [1.807, 2.05) is 36.4 Å². The molecule has 0 saturated heterocycles. The lowest BCUT2D eigenvalue weighted by molar-refractivity contribution is 0.331. The van der Waals surface area contributed by atoms with Gasteiger partial charge in [-0.1, -0.05) is 24.8 Å². The number of rotatable bonds is 5. The number of hydrogen-bond donors (Lipinski definition) is 1. The maximum Gasteiger partial charge on any atom is 0.232 e. The first kappa shape index (κ1) is 14.5. The van der Waals surface area contributed by atoms with Gasteiger partial charge in [-0.2, -0.15) is 0 Å². The standard InChI is InChI=1S/C18H16N4O2/c1-12(9-19)11-23-18-7-6-17-20-10-14(22(17)21-18)16-8-13-4-2-3-5-15(13)24-16/h2-8,10H,1,9,11,19H2. The minimum atomic E-state index is 0.337. The van der Waals surface area contributed by atoms with Crippen molar-refractivity contribution in [2.75, 3.05) is 13.2 Å². The van der Waals surface area contributed by atoms with Gasteiger partial charge in [0.05, 0.1) is 6.20 Å². The Kier molecular flexibility index (Phi) is 3.51. The second kappa shape index (κ2) is 5.82. The first-order valence-corrected chi connectivity index (χ1v) is 7.58. The highest BCUT2D eigenvalue weighted by molar-refractivity contribution is 5.82. The Morgan fingerprint density at radius 1 is 1.25 bits per heavy atom. The lowest BCUT2D eigenvalue weighted by Crippen LogP contribution is -2.11. The molecule has 3 heterocycles. The fraction of sp³-hybridized carbons (Fsp3) is 0.111. The van der Waals surface area contributed by atoms with E-state index in [4.69, 9.17) is 14.9 Å². The van der Waals surface area contributed by atoms with E-state index >= 15 is 0 Å². The average molecular weight is 320 g/mol. The minimum Gasteiger partial charge on any atom is -0.472 e. The Labute approximate surface area is 138 Å². The Morgan fingerprint density at radius 2 is 2.12 bits per heavy atom. The molecule has 1 aromatic carbocycles. The quantitative estimate of drug-likeness (QED) is 0.572. The van der Waals surface area contributed by atoms with Gasteiger partial charge in [-0.3, -0.25) is 0 Å². The lowest BCUT2D eigenvalue weighted by Gasteiger charge is -2.06. The van der Waals surface area contributed by atoms with Crippen molar-refractivity contribution >= 4 is 16.6 Å². The van der Waals surface area contributed by atoms with Crippen LogP contribution in [0.5, 0.6) is 5.88 Å². The van der Waals surface area contributed by atoms with Crippen LogP contribution in [0.3, 0.4) is 0 Å². The van der Waals surface area contributed by atoms with E-state index in [9.17, 15) is 0 Å². The second-order valence-electron chi connectivity index (χ2n) is 5.48. The predicted molar refractivity (Wildman–Crippen MR) is 91.9 cm³/mol. The Morgan fingerprint density at radius 3 is 2.96 bits per heavy atom. The second-order valence-corrected chi connectivity index (χ2v) is 5.48. The normalized spacial score (nSPS) is 11.2. The molecule has 4 rings (SSSR count). The van der Waals surface area contributed by atoms with Gasteiger partial charge < -0.3 is 14.9 Å². The van der Waals surface area contributed by atoms with Crippen molar-refractivity contribution in [2.45, 2.75) is 0 Å². The third kappa shape index (κ3) is 2.53. The summed E-state index contributed by atoms with van der Waals surface area (Å²) in [5, 5.41) is 5.51. The summed E-state index contributed by atoms with van der Waals surface area (Å²) in [5.41, 5.74) is 8.64. The molecule has 6 heteroatoms. The van der Waals surface area contributed by atoms with E-state index in [2.05, 4.69) is 16.7 Å². The van der Waals surface area contributed by atoms with Gasteiger partial charge in [0.1, 0.15) is 17.9 Å². The van der Waals surface area contributed by atoms with Crippen molar-refractivity contribution in [3.05, 3.63) is 60.8 Å². The van der Waals surface area contributed by atoms with Crippen LogP contribution in [-0.4, -0.2) is 27.7 Å². The van der Waals surface area contributed by atoms with Crippen molar-refractivity contribution in [1.82, 2.24) is 14.6 Å². The third-order valence-electron chi connectivity index (χ3n) is 3.73. The summed E-state index contributed by atoms with van der Waals surface area (Å²) in [5.74, 6) is 1.19. The van der Waals surface area contributed by atoms with E-state index < -0.39 is 0 Å². The van der Waals surface area contributed by atoms with Crippen LogP contribution in [0.25, 0.3) is 28.1 Å². The number of nitrogens with two attached hydrogens (primary N) is 1. The van der Waals surface area contributed by atoms with Crippen LogP contribution in [-0.2, 0) is 0 Å². The zero-order valence-corrected chi connectivity index (χ0v) is 13.0. The molecule has 0 aliphatic heterocycles. The van der Waals surface area contributed by atoms with E-state index in [-0.39, 0.29) is 0 Å². The lowest BCUT2D eigenvalue weighted by atomic mass is 10.2. The molecule has 0 aliphatic rings. The van der Waals surface area contributed by atoms with Crippen LogP contribution < -0.4 is 10.5 Å². The maximum absolute atomic E-state index is 5.90. The first-order valence-electron chi connectivity index (χ1n) is 7.58. The van der Waals surface area contributed by atoms with Crippen molar-refractivity contribution in [2.24, 2.45) is 5.73 Å². The molecule has 6 nitrogen and oxygen atoms in total. The van der Waals surface area contributed by atoms with E-state index in [1.165, 1.54) is 0 Å². The van der Waals surface area contributed by atoms with Gasteiger partial charge in [-0.15, -0.1) is 5.10 Å². The molecule has 0 saturated carbocycles. The summed E-state index contributed by atoms with van der Waals surface area (Å²) in [6, 6.07) is 13.5. The van der Waals surface area contributed by atoms with Crippen molar-refractivity contribution in [3.8, 4) is 17.3 Å². The summed E-state index contributed by atoms with van der Waals surface area (Å²) in [7, 11) is 0. The molecule has 3 aromatic heterocycles. The zero-order valence-electron chi connectivity index (χ0n) is 13.0. The van der Waals surface area contributed by atoms with Gasteiger partial charge >= 0.3 is 0 Å². The molecule has 120 valence electrons. The summed E-state index contributed by atoms with van der Waals surface area (Å²) in [6.45, 7) is 4.54. The highest BCUT2D eigenvalue weighted by atomic mass is 16.5. The summed E-state index contributed by atoms with van der Waals surface area (Å²) < 4.78 is 13.2. The molecule has 0 spiro atoms. The van der Waals surface area contributed by atoms with Gasteiger partial charge in [0.25, 0.3) is 0 Å². The van der Waals surface area contributed by atoms with Crippen molar-refractivity contribution < 1.29 is 9.15 Å². The molecule has 24 heavy (non-hydrogen) atoms. The van der Waals surface area contributed by atoms with Gasteiger partial charge in [-0.25, -0.2) is 9.50 Å². The molecule has 4 aromatic rings. The molecular formula is C18H16N4O2. The Balaban J connectivity index is 1.73. The van der Waals surface area contributed by atoms with Gasteiger partial charge in [0, 0.05) is 18.0 Å². The summed E-state index contributed by atoms with van der Waals surface area (Å²) >= 11 is 0. The number of furan rings is 1. The van der Waals surface area contributed by atoms with E-state index in [0.29, 0.717) is 24.8 Å². The number of nitrogens with zero attached hydrogens (tertiary/aromatic N) is 3. The fourth-order valence-corrected chi connectivity index (χ4v) is 2.44. The van der Waals surface area contributed by atoms with Crippen LogP contribution in [0.1, 0.15) is 0 Å². The molecular weight excluding hydrogens is 304 g/mol. The largest absolute Gasteiger partial charge is 0.472 e. The van der Waals surface area contributed by atoms with Crippen molar-refractivity contribution in [1.29, 1.82) is 0 Å². The highest BCUT2D eigenvalue weighted by Crippen LogP contribution is 2.28. The number of fused-ring (bicyclic) bond motifs is 2. The molecule has 2 N–H and O–H groups in total. The topological polar surface area (TPSA) is 78.6 Å². The molecule has 0 bridgehead atoms. The third-order valence-corrected chi connectivity index (χ3v) is 3.73. The monoisotopic (exact) mass is 320 g/mol. The molecule has 0 radical (unpaired) electrons. The summed E-state index contributed by atoms with van der Waals surface area (Å²) in [6.07, 6.45) is 1.74. The summed E-state index contributed by atoms with van der Waals surface area (Å²) in [4.78, 5) is 4.37. The van der Waals surface area contributed by atoms with Gasteiger partial charge in [0.15, 0.2) is 11.4 Å². The Hall–Kier alpha value is -3.12. The van der Waals surface area contributed by atoms with E-state index in [1.54, 1.807) is 16.8 Å². The smallest absolute Gasteiger partial charge is 0.232 e. The number of aromatic nitrogens is 3. The molecule has 0 unspecified atom stereocenters. The molecule has 0 atom stereocenters. The average Bonchev–Trinajstić information content (AvgIpc) is 3.22. The van der Waals surface area contributed by atoms with Crippen molar-refractivity contribution in [3.63, 3.8) is 0 Å². The zero-order chi connectivity index (χ0) is 16.5. The first-order chi connectivity index (χ1) is 11.7. The highest BCUT2D eigenvalue weighted by Gasteiger charge is 2.13. The molecule has 0 fully saturated rings. The number of imidazole rings is 1.